The highest BCUT2D eigenvalue weighted by Gasteiger charge is 2.27. The molecule has 2 N–H and O–H groups in total. The monoisotopic (exact) mass is 279 g/mol. The minimum Gasteiger partial charge on any atom is -0.361 e. The zero-order valence-corrected chi connectivity index (χ0v) is 12.8. The van der Waals surface area contributed by atoms with E-state index in [4.69, 9.17) is 4.52 Å². The Bertz CT molecular complexity index is 450. The highest BCUT2D eigenvalue weighted by atomic mass is 16.5. The van der Waals surface area contributed by atoms with Crippen LogP contribution in [0.25, 0.3) is 0 Å². The number of rotatable bonds is 4. The second kappa shape index (κ2) is 6.39. The van der Waals surface area contributed by atoms with Crippen LogP contribution in [-0.2, 0) is 4.79 Å². The van der Waals surface area contributed by atoms with E-state index in [2.05, 4.69) is 22.7 Å². The van der Waals surface area contributed by atoms with E-state index in [1.165, 1.54) is 6.42 Å². The lowest BCUT2D eigenvalue weighted by atomic mass is 9.90. The summed E-state index contributed by atoms with van der Waals surface area (Å²) in [5.41, 5.74) is 1.83. The van der Waals surface area contributed by atoms with Crippen molar-refractivity contribution in [2.45, 2.75) is 59.0 Å². The van der Waals surface area contributed by atoms with Crippen LogP contribution in [0.1, 0.15) is 56.2 Å². The maximum Gasteiger partial charge on any atom is 0.237 e. The van der Waals surface area contributed by atoms with E-state index < -0.39 is 0 Å². The Morgan fingerprint density at radius 3 is 2.90 bits per heavy atom. The van der Waals surface area contributed by atoms with Crippen molar-refractivity contribution >= 4 is 5.91 Å². The molecular weight excluding hydrogens is 254 g/mol. The van der Waals surface area contributed by atoms with E-state index >= 15 is 0 Å². The molecule has 5 nitrogen and oxygen atoms in total. The van der Waals surface area contributed by atoms with Crippen LogP contribution in [0.15, 0.2) is 4.52 Å². The van der Waals surface area contributed by atoms with Crippen LogP contribution in [0, 0.1) is 19.8 Å². The minimum atomic E-state index is -0.0726. The van der Waals surface area contributed by atoms with Crippen LogP contribution in [0.2, 0.25) is 0 Å². The molecule has 2 heterocycles. The maximum atomic E-state index is 12.4. The lowest BCUT2D eigenvalue weighted by Gasteiger charge is -2.29. The molecule has 2 rings (SSSR count). The van der Waals surface area contributed by atoms with Gasteiger partial charge in [-0.25, -0.2) is 0 Å². The average Bonchev–Trinajstić information content (AvgIpc) is 2.78. The molecule has 1 aliphatic heterocycles. The van der Waals surface area contributed by atoms with Crippen LogP contribution in [0.4, 0.5) is 0 Å². The van der Waals surface area contributed by atoms with Crippen molar-refractivity contribution in [3.8, 4) is 0 Å². The van der Waals surface area contributed by atoms with Gasteiger partial charge >= 0.3 is 0 Å². The summed E-state index contributed by atoms with van der Waals surface area (Å²) >= 11 is 0. The highest BCUT2D eigenvalue weighted by Crippen LogP contribution is 2.23. The van der Waals surface area contributed by atoms with Crippen molar-refractivity contribution in [2.75, 3.05) is 6.54 Å². The number of carbonyl (C=O) groups excluding carboxylic acids is 1. The SMILES string of the molecule is CCC1CCNC(C(=O)NC(C)c2c(C)noc2C)C1. The molecule has 3 unspecified atom stereocenters. The molecule has 0 spiro atoms. The van der Waals surface area contributed by atoms with Gasteiger partial charge in [0, 0.05) is 5.56 Å². The smallest absolute Gasteiger partial charge is 0.237 e. The van der Waals surface area contributed by atoms with Gasteiger partial charge in [-0.3, -0.25) is 4.79 Å². The van der Waals surface area contributed by atoms with Gasteiger partial charge in [-0.15, -0.1) is 0 Å². The third-order valence-electron chi connectivity index (χ3n) is 4.29. The van der Waals surface area contributed by atoms with Crippen molar-refractivity contribution in [3.05, 3.63) is 17.0 Å². The van der Waals surface area contributed by atoms with Crippen LogP contribution >= 0.6 is 0 Å². The Labute approximate surface area is 120 Å². The molecule has 5 heteroatoms. The molecule has 1 aliphatic rings. The highest BCUT2D eigenvalue weighted by molar-refractivity contribution is 5.82. The molecule has 0 aromatic carbocycles. The number of piperidine rings is 1. The average molecular weight is 279 g/mol. The number of amides is 1. The summed E-state index contributed by atoms with van der Waals surface area (Å²) in [5.74, 6) is 1.51. The van der Waals surface area contributed by atoms with Crippen molar-refractivity contribution in [1.29, 1.82) is 0 Å². The van der Waals surface area contributed by atoms with Gasteiger partial charge in [0.2, 0.25) is 5.91 Å². The Hall–Kier alpha value is -1.36. The molecule has 0 saturated carbocycles. The van der Waals surface area contributed by atoms with E-state index in [9.17, 15) is 4.79 Å². The molecule has 0 radical (unpaired) electrons. The third kappa shape index (κ3) is 3.20. The minimum absolute atomic E-state index is 0.0717. The molecule has 3 atom stereocenters. The Balaban J connectivity index is 1.97. The van der Waals surface area contributed by atoms with Crippen molar-refractivity contribution in [2.24, 2.45) is 5.92 Å². The first-order chi connectivity index (χ1) is 9.52. The van der Waals surface area contributed by atoms with Crippen molar-refractivity contribution < 1.29 is 9.32 Å². The molecule has 1 fully saturated rings. The first-order valence-corrected chi connectivity index (χ1v) is 7.49. The van der Waals surface area contributed by atoms with Crippen LogP contribution in [0.3, 0.4) is 0 Å². The van der Waals surface area contributed by atoms with Crippen molar-refractivity contribution in [3.63, 3.8) is 0 Å². The fourth-order valence-corrected chi connectivity index (χ4v) is 3.06. The maximum absolute atomic E-state index is 12.4. The lowest BCUT2D eigenvalue weighted by molar-refractivity contribution is -0.124. The normalized spacial score (nSPS) is 24.4. The molecule has 1 aromatic rings. The number of aromatic nitrogens is 1. The molecule has 0 aliphatic carbocycles. The zero-order chi connectivity index (χ0) is 14.7. The zero-order valence-electron chi connectivity index (χ0n) is 12.8. The predicted molar refractivity (Wildman–Crippen MR) is 77.3 cm³/mol. The first-order valence-electron chi connectivity index (χ1n) is 7.49. The summed E-state index contributed by atoms with van der Waals surface area (Å²) in [6, 6.07) is -0.144. The number of carbonyl (C=O) groups is 1. The van der Waals surface area contributed by atoms with E-state index in [0.29, 0.717) is 5.92 Å². The number of hydrogen-bond acceptors (Lipinski definition) is 4. The lowest BCUT2D eigenvalue weighted by Crippen LogP contribution is -2.49. The van der Waals surface area contributed by atoms with E-state index in [0.717, 1.165) is 36.4 Å². The largest absolute Gasteiger partial charge is 0.361 e. The van der Waals surface area contributed by atoms with Gasteiger partial charge in [-0.2, -0.15) is 0 Å². The number of nitrogens with zero attached hydrogens (tertiary/aromatic N) is 1. The standard InChI is InChI=1S/C15H25N3O2/c1-5-12-6-7-16-13(8-12)15(19)17-9(2)14-10(3)18-20-11(14)4/h9,12-13,16H,5-8H2,1-4H3,(H,17,19). The number of nitrogens with one attached hydrogen (secondary N) is 2. The molecule has 1 saturated heterocycles. The molecule has 0 bridgehead atoms. The van der Waals surface area contributed by atoms with Crippen LogP contribution in [0.5, 0.6) is 0 Å². The number of hydrogen-bond donors (Lipinski definition) is 2. The van der Waals surface area contributed by atoms with E-state index in [1.54, 1.807) is 0 Å². The summed E-state index contributed by atoms with van der Waals surface area (Å²) in [4.78, 5) is 12.4. The topological polar surface area (TPSA) is 67.2 Å². The fraction of sp³-hybridized carbons (Fsp3) is 0.733. The van der Waals surface area contributed by atoms with E-state index in [1.807, 2.05) is 20.8 Å². The molecule has 112 valence electrons. The molecule has 20 heavy (non-hydrogen) atoms. The van der Waals surface area contributed by atoms with Crippen molar-refractivity contribution in [1.82, 2.24) is 15.8 Å². The summed E-state index contributed by atoms with van der Waals surface area (Å²) in [6.45, 7) is 8.88. The third-order valence-corrected chi connectivity index (χ3v) is 4.29. The first kappa shape index (κ1) is 15.0. The summed E-state index contributed by atoms with van der Waals surface area (Å²) < 4.78 is 5.16. The summed E-state index contributed by atoms with van der Waals surface area (Å²) in [6.07, 6.45) is 3.24. The quantitative estimate of drug-likeness (QED) is 0.887. The molecule has 1 amide bonds. The number of aryl methyl sites for hydroxylation is 2. The van der Waals surface area contributed by atoms with Gasteiger partial charge in [0.25, 0.3) is 0 Å². The Morgan fingerprint density at radius 2 is 2.30 bits per heavy atom. The van der Waals surface area contributed by atoms with Gasteiger partial charge in [-0.1, -0.05) is 18.5 Å². The second-order valence-corrected chi connectivity index (χ2v) is 5.77. The molecular formula is C15H25N3O2. The summed E-state index contributed by atoms with van der Waals surface area (Å²) in [5, 5.41) is 10.3. The van der Waals surface area contributed by atoms with E-state index in [-0.39, 0.29) is 18.0 Å². The Kier molecular flexibility index (Phi) is 4.81. The fourth-order valence-electron chi connectivity index (χ4n) is 3.06. The van der Waals surface area contributed by atoms with Crippen LogP contribution in [-0.4, -0.2) is 23.7 Å². The van der Waals surface area contributed by atoms with Gasteiger partial charge in [0.05, 0.1) is 17.8 Å². The summed E-state index contributed by atoms with van der Waals surface area (Å²) in [7, 11) is 0. The predicted octanol–water partition coefficient (Wildman–Crippen LogP) is 2.25. The van der Waals surface area contributed by atoms with Gasteiger partial charge in [-0.05, 0) is 46.1 Å². The van der Waals surface area contributed by atoms with Gasteiger partial charge in [0.15, 0.2) is 0 Å². The van der Waals surface area contributed by atoms with Gasteiger partial charge < -0.3 is 15.2 Å². The second-order valence-electron chi connectivity index (χ2n) is 5.77. The molecule has 1 aromatic heterocycles. The Morgan fingerprint density at radius 1 is 1.55 bits per heavy atom. The van der Waals surface area contributed by atoms with Gasteiger partial charge in [0.1, 0.15) is 5.76 Å². The van der Waals surface area contributed by atoms with Crippen LogP contribution < -0.4 is 10.6 Å².